The molecule has 1 saturated heterocycles. The molecule has 1 fully saturated rings. The average Bonchev–Trinajstić information content (AvgIpc) is 2.84. The van der Waals surface area contributed by atoms with Crippen molar-refractivity contribution in [2.45, 2.75) is 12.5 Å². The van der Waals surface area contributed by atoms with Gasteiger partial charge >= 0.3 is 0 Å². The van der Waals surface area contributed by atoms with Gasteiger partial charge in [0.15, 0.2) is 0 Å². The van der Waals surface area contributed by atoms with E-state index in [1.165, 1.54) is 0 Å². The third-order valence-corrected chi connectivity index (χ3v) is 3.80. The SMILES string of the molecule is COCCN1CC[C@@H](NC(=O)c2cccc(Br)c2)C1. The van der Waals surface area contributed by atoms with Crippen LogP contribution >= 0.6 is 15.9 Å². The highest BCUT2D eigenvalue weighted by Crippen LogP contribution is 2.13. The van der Waals surface area contributed by atoms with Gasteiger partial charge in [-0.25, -0.2) is 0 Å². The molecule has 0 aliphatic carbocycles. The fourth-order valence-electron chi connectivity index (χ4n) is 2.27. The van der Waals surface area contributed by atoms with E-state index in [1.807, 2.05) is 24.3 Å². The molecule has 1 N–H and O–H groups in total. The molecule has 0 saturated carbocycles. The molecule has 0 aromatic heterocycles. The average molecular weight is 327 g/mol. The zero-order chi connectivity index (χ0) is 13.7. The number of likely N-dealkylation sites (tertiary alicyclic amines) is 1. The van der Waals surface area contributed by atoms with Crippen LogP contribution in [0.3, 0.4) is 0 Å². The van der Waals surface area contributed by atoms with Gasteiger partial charge in [0.05, 0.1) is 6.61 Å². The van der Waals surface area contributed by atoms with Crippen LogP contribution in [0.25, 0.3) is 0 Å². The maximum absolute atomic E-state index is 12.1. The molecule has 1 aliphatic rings. The number of carbonyl (C=O) groups excluding carboxylic acids is 1. The molecular formula is C14H19BrN2O2. The Morgan fingerprint density at radius 2 is 2.42 bits per heavy atom. The smallest absolute Gasteiger partial charge is 0.251 e. The molecule has 2 rings (SSSR count). The number of nitrogens with one attached hydrogen (secondary N) is 1. The van der Waals surface area contributed by atoms with Crippen LogP contribution in [0.1, 0.15) is 16.8 Å². The molecule has 1 heterocycles. The first-order chi connectivity index (χ1) is 9.19. The van der Waals surface area contributed by atoms with E-state index in [9.17, 15) is 4.79 Å². The molecule has 0 radical (unpaired) electrons. The molecule has 19 heavy (non-hydrogen) atoms. The van der Waals surface area contributed by atoms with Gasteiger partial charge in [-0.15, -0.1) is 0 Å². The van der Waals surface area contributed by atoms with E-state index in [-0.39, 0.29) is 11.9 Å². The van der Waals surface area contributed by atoms with Crippen molar-refractivity contribution in [3.05, 3.63) is 34.3 Å². The number of ether oxygens (including phenoxy) is 1. The molecule has 1 amide bonds. The predicted octanol–water partition coefficient (Wildman–Crippen LogP) is 1.90. The van der Waals surface area contributed by atoms with E-state index >= 15 is 0 Å². The minimum absolute atomic E-state index is 0.000100. The minimum atomic E-state index is -0.000100. The number of rotatable bonds is 5. The lowest BCUT2D eigenvalue weighted by Crippen LogP contribution is -2.37. The maximum atomic E-state index is 12.1. The molecule has 104 valence electrons. The standard InChI is InChI=1S/C14H19BrN2O2/c1-19-8-7-17-6-5-13(10-17)16-14(18)11-3-2-4-12(15)9-11/h2-4,9,13H,5-8,10H2,1H3,(H,16,18)/t13-/m1/s1. The second-order valence-electron chi connectivity index (χ2n) is 4.76. The highest BCUT2D eigenvalue weighted by atomic mass is 79.9. The van der Waals surface area contributed by atoms with Crippen LogP contribution in [0, 0.1) is 0 Å². The fraction of sp³-hybridized carbons (Fsp3) is 0.500. The number of hydrogen-bond acceptors (Lipinski definition) is 3. The molecule has 5 heteroatoms. The largest absolute Gasteiger partial charge is 0.383 e. The summed E-state index contributed by atoms with van der Waals surface area (Å²) >= 11 is 3.38. The summed E-state index contributed by atoms with van der Waals surface area (Å²) in [5.41, 5.74) is 0.699. The van der Waals surface area contributed by atoms with Crippen molar-refractivity contribution in [3.63, 3.8) is 0 Å². The highest BCUT2D eigenvalue weighted by molar-refractivity contribution is 9.10. The maximum Gasteiger partial charge on any atom is 0.251 e. The number of methoxy groups -OCH3 is 1. The first kappa shape index (κ1) is 14.5. The topological polar surface area (TPSA) is 41.6 Å². The zero-order valence-electron chi connectivity index (χ0n) is 11.1. The summed E-state index contributed by atoms with van der Waals surface area (Å²) in [5, 5.41) is 3.09. The van der Waals surface area contributed by atoms with E-state index < -0.39 is 0 Å². The summed E-state index contributed by atoms with van der Waals surface area (Å²) < 4.78 is 5.99. The molecule has 1 aromatic rings. The lowest BCUT2D eigenvalue weighted by atomic mass is 10.2. The van der Waals surface area contributed by atoms with E-state index in [0.29, 0.717) is 5.56 Å². The fourth-order valence-corrected chi connectivity index (χ4v) is 2.67. The van der Waals surface area contributed by atoms with Gasteiger partial charge in [0.2, 0.25) is 0 Å². The summed E-state index contributed by atoms with van der Waals surface area (Å²) in [5.74, 6) is -0.000100. The van der Waals surface area contributed by atoms with Crippen LogP contribution in [-0.4, -0.2) is 50.2 Å². The molecule has 0 bridgehead atoms. The summed E-state index contributed by atoms with van der Waals surface area (Å²) in [6.45, 7) is 3.60. The van der Waals surface area contributed by atoms with E-state index in [4.69, 9.17) is 4.74 Å². The van der Waals surface area contributed by atoms with Crippen molar-refractivity contribution < 1.29 is 9.53 Å². The number of benzene rings is 1. The quantitative estimate of drug-likeness (QED) is 0.898. The summed E-state index contributed by atoms with van der Waals surface area (Å²) in [7, 11) is 1.71. The summed E-state index contributed by atoms with van der Waals surface area (Å²) in [6, 6.07) is 7.70. The number of hydrogen-bond donors (Lipinski definition) is 1. The normalized spacial score (nSPS) is 19.6. The van der Waals surface area contributed by atoms with Crippen molar-refractivity contribution in [1.82, 2.24) is 10.2 Å². The Hall–Kier alpha value is -0.910. The van der Waals surface area contributed by atoms with Crippen LogP contribution in [0.4, 0.5) is 0 Å². The lowest BCUT2D eigenvalue weighted by molar-refractivity contribution is 0.0936. The Balaban J connectivity index is 1.84. The van der Waals surface area contributed by atoms with E-state index in [1.54, 1.807) is 7.11 Å². The molecule has 1 aromatic carbocycles. The van der Waals surface area contributed by atoms with Crippen molar-refractivity contribution in [1.29, 1.82) is 0 Å². The van der Waals surface area contributed by atoms with Gasteiger partial charge in [0, 0.05) is 42.8 Å². The number of halogens is 1. The second kappa shape index (κ2) is 7.03. The molecule has 0 unspecified atom stereocenters. The van der Waals surface area contributed by atoms with Crippen LogP contribution in [0.15, 0.2) is 28.7 Å². The van der Waals surface area contributed by atoms with Gasteiger partial charge in [0.1, 0.15) is 0 Å². The van der Waals surface area contributed by atoms with Gasteiger partial charge in [-0.3, -0.25) is 9.69 Å². The predicted molar refractivity (Wildman–Crippen MR) is 78.3 cm³/mol. The van der Waals surface area contributed by atoms with Gasteiger partial charge in [-0.1, -0.05) is 22.0 Å². The minimum Gasteiger partial charge on any atom is -0.383 e. The Labute approximate surface area is 122 Å². The van der Waals surface area contributed by atoms with Gasteiger partial charge in [0.25, 0.3) is 5.91 Å². The van der Waals surface area contributed by atoms with Crippen LogP contribution in [-0.2, 0) is 4.74 Å². The first-order valence-electron chi connectivity index (χ1n) is 6.47. The zero-order valence-corrected chi connectivity index (χ0v) is 12.6. The summed E-state index contributed by atoms with van der Waals surface area (Å²) in [4.78, 5) is 14.4. The first-order valence-corrected chi connectivity index (χ1v) is 7.26. The van der Waals surface area contributed by atoms with Crippen molar-refractivity contribution in [2.75, 3.05) is 33.4 Å². The molecule has 0 spiro atoms. The Morgan fingerprint density at radius 1 is 1.58 bits per heavy atom. The van der Waals surface area contributed by atoms with Crippen LogP contribution in [0.2, 0.25) is 0 Å². The van der Waals surface area contributed by atoms with Gasteiger partial charge < -0.3 is 10.1 Å². The van der Waals surface area contributed by atoms with Gasteiger partial charge in [-0.2, -0.15) is 0 Å². The number of nitrogens with zero attached hydrogens (tertiary/aromatic N) is 1. The van der Waals surface area contributed by atoms with E-state index in [0.717, 1.165) is 37.1 Å². The monoisotopic (exact) mass is 326 g/mol. The van der Waals surface area contributed by atoms with E-state index in [2.05, 4.69) is 26.1 Å². The van der Waals surface area contributed by atoms with Crippen molar-refractivity contribution in [2.24, 2.45) is 0 Å². The second-order valence-corrected chi connectivity index (χ2v) is 5.68. The van der Waals surface area contributed by atoms with Crippen molar-refractivity contribution >= 4 is 21.8 Å². The Bertz CT molecular complexity index is 439. The third-order valence-electron chi connectivity index (χ3n) is 3.31. The highest BCUT2D eigenvalue weighted by Gasteiger charge is 2.23. The number of carbonyl (C=O) groups is 1. The molecule has 4 nitrogen and oxygen atoms in total. The van der Waals surface area contributed by atoms with Crippen LogP contribution in [0.5, 0.6) is 0 Å². The third kappa shape index (κ3) is 4.30. The van der Waals surface area contributed by atoms with Crippen molar-refractivity contribution in [3.8, 4) is 0 Å². The molecule has 1 aliphatic heterocycles. The van der Waals surface area contributed by atoms with Crippen LogP contribution < -0.4 is 5.32 Å². The molecule has 1 atom stereocenters. The summed E-state index contributed by atoms with van der Waals surface area (Å²) in [6.07, 6.45) is 1.00. The Morgan fingerprint density at radius 3 is 3.16 bits per heavy atom. The molecular weight excluding hydrogens is 308 g/mol. The lowest BCUT2D eigenvalue weighted by Gasteiger charge is -2.16. The van der Waals surface area contributed by atoms with Gasteiger partial charge in [-0.05, 0) is 24.6 Å². The number of amides is 1. The Kier molecular flexibility index (Phi) is 5.36.